The third-order valence-electron chi connectivity index (χ3n) is 3.76. The minimum atomic E-state index is -4.67. The Bertz CT molecular complexity index is 962. The van der Waals surface area contributed by atoms with Crippen LogP contribution in [0.15, 0.2) is 52.5 Å². The van der Waals surface area contributed by atoms with Crippen LogP contribution in [0.1, 0.15) is 11.1 Å². The van der Waals surface area contributed by atoms with Crippen molar-refractivity contribution in [3.63, 3.8) is 0 Å². The summed E-state index contributed by atoms with van der Waals surface area (Å²) in [7, 11) is 2.62. The van der Waals surface area contributed by atoms with Crippen molar-refractivity contribution in [3.8, 4) is 23.1 Å². The Hall–Kier alpha value is -2.81. The van der Waals surface area contributed by atoms with Crippen LogP contribution in [0.4, 0.5) is 13.2 Å². The fraction of sp³-hybridized carbons (Fsp3) is 0.211. The van der Waals surface area contributed by atoms with E-state index >= 15 is 0 Å². The maximum atomic E-state index is 13.7. The number of aryl methyl sites for hydroxylation is 1. The van der Waals surface area contributed by atoms with Crippen LogP contribution in [0, 0.1) is 6.92 Å². The van der Waals surface area contributed by atoms with Gasteiger partial charge in [0.05, 0.1) is 14.2 Å². The summed E-state index contributed by atoms with van der Waals surface area (Å²) in [4.78, 5) is 12.8. The van der Waals surface area contributed by atoms with Crippen LogP contribution in [0.25, 0.3) is 11.4 Å². The molecule has 0 saturated heterocycles. The van der Waals surface area contributed by atoms with Crippen molar-refractivity contribution in [3.05, 3.63) is 53.7 Å². The molecule has 0 amide bonds. The maximum Gasteiger partial charge on any atom is 0.424 e. The second-order valence-corrected chi connectivity index (χ2v) is 6.80. The Morgan fingerprint density at radius 2 is 1.64 bits per heavy atom. The zero-order valence-electron chi connectivity index (χ0n) is 15.2. The van der Waals surface area contributed by atoms with Gasteiger partial charge in [0.15, 0.2) is 11.4 Å². The summed E-state index contributed by atoms with van der Waals surface area (Å²) in [5, 5.41) is -0.242. The van der Waals surface area contributed by atoms with Gasteiger partial charge in [-0.1, -0.05) is 29.5 Å². The first-order valence-electron chi connectivity index (χ1n) is 8.10. The number of hydrogen-bond donors (Lipinski definition) is 0. The zero-order valence-corrected chi connectivity index (χ0v) is 16.1. The standard InChI is InChI=1S/C19H16F3N3O2S/c1-11-4-7-13(8-5-11)28-18-15(19(20,21)22)17(27-3)24-16(25-18)12-6-9-14(26-2)23-10-12/h4-10H,1-3H3. The van der Waals surface area contributed by atoms with E-state index in [2.05, 4.69) is 15.0 Å². The van der Waals surface area contributed by atoms with Gasteiger partial charge in [0, 0.05) is 22.7 Å². The number of hydrogen-bond acceptors (Lipinski definition) is 6. The van der Waals surface area contributed by atoms with Crippen LogP contribution < -0.4 is 9.47 Å². The van der Waals surface area contributed by atoms with Crippen molar-refractivity contribution in [2.75, 3.05) is 14.2 Å². The Morgan fingerprint density at radius 1 is 0.929 bits per heavy atom. The van der Waals surface area contributed by atoms with Crippen molar-refractivity contribution in [1.29, 1.82) is 0 Å². The predicted octanol–water partition coefficient (Wildman–Crippen LogP) is 5.03. The molecule has 2 aromatic heterocycles. The van der Waals surface area contributed by atoms with Gasteiger partial charge in [-0.3, -0.25) is 0 Å². The first-order chi connectivity index (χ1) is 13.3. The summed E-state index contributed by atoms with van der Waals surface area (Å²) in [6, 6.07) is 10.3. The highest BCUT2D eigenvalue weighted by Gasteiger charge is 2.40. The van der Waals surface area contributed by atoms with Gasteiger partial charge in [-0.05, 0) is 25.1 Å². The van der Waals surface area contributed by atoms with Gasteiger partial charge < -0.3 is 9.47 Å². The lowest BCUT2D eigenvalue weighted by Crippen LogP contribution is -2.13. The molecular formula is C19H16F3N3O2S. The first-order valence-corrected chi connectivity index (χ1v) is 8.91. The smallest absolute Gasteiger partial charge is 0.424 e. The van der Waals surface area contributed by atoms with Crippen LogP contribution in [-0.4, -0.2) is 29.2 Å². The summed E-state index contributed by atoms with van der Waals surface area (Å²) < 4.78 is 51.0. The molecule has 0 bridgehead atoms. The molecule has 0 atom stereocenters. The molecular weight excluding hydrogens is 391 g/mol. The molecule has 0 radical (unpaired) electrons. The molecule has 0 aliphatic rings. The van der Waals surface area contributed by atoms with E-state index in [4.69, 9.17) is 9.47 Å². The predicted molar refractivity (Wildman–Crippen MR) is 98.7 cm³/mol. The van der Waals surface area contributed by atoms with Gasteiger partial charge >= 0.3 is 6.18 Å². The molecule has 0 aliphatic heterocycles. The highest BCUT2D eigenvalue weighted by Crippen LogP contribution is 2.43. The monoisotopic (exact) mass is 407 g/mol. The van der Waals surface area contributed by atoms with E-state index in [1.807, 2.05) is 19.1 Å². The zero-order chi connectivity index (χ0) is 20.3. The molecule has 146 valence electrons. The minimum Gasteiger partial charge on any atom is -0.481 e. The first kappa shape index (κ1) is 19.9. The average molecular weight is 407 g/mol. The van der Waals surface area contributed by atoms with Crippen molar-refractivity contribution in [2.24, 2.45) is 0 Å². The van der Waals surface area contributed by atoms with E-state index in [1.165, 1.54) is 13.3 Å². The molecule has 1 aromatic carbocycles. The second-order valence-electron chi connectivity index (χ2n) is 5.74. The number of rotatable bonds is 5. The van der Waals surface area contributed by atoms with E-state index in [0.29, 0.717) is 16.3 Å². The Balaban J connectivity index is 2.13. The van der Waals surface area contributed by atoms with Gasteiger partial charge in [0.25, 0.3) is 0 Å². The topological polar surface area (TPSA) is 57.1 Å². The lowest BCUT2D eigenvalue weighted by molar-refractivity contribution is -0.141. The van der Waals surface area contributed by atoms with Gasteiger partial charge in [-0.2, -0.15) is 18.2 Å². The third kappa shape index (κ3) is 4.36. The summed E-state index contributed by atoms with van der Waals surface area (Å²) in [5.41, 5.74) is 0.440. The van der Waals surface area contributed by atoms with E-state index < -0.39 is 17.6 Å². The molecule has 5 nitrogen and oxygen atoms in total. The van der Waals surface area contributed by atoms with Crippen LogP contribution in [0.2, 0.25) is 0 Å². The van der Waals surface area contributed by atoms with Crippen molar-refractivity contribution >= 4 is 11.8 Å². The minimum absolute atomic E-state index is 0.0783. The number of alkyl halides is 3. The summed E-state index contributed by atoms with van der Waals surface area (Å²) in [6.45, 7) is 1.90. The van der Waals surface area contributed by atoms with E-state index in [-0.39, 0.29) is 10.9 Å². The maximum absolute atomic E-state index is 13.7. The van der Waals surface area contributed by atoms with Gasteiger partial charge in [-0.15, -0.1) is 0 Å². The Labute approximate surface area is 164 Å². The normalized spacial score (nSPS) is 11.4. The number of benzene rings is 1. The van der Waals surface area contributed by atoms with Crippen LogP contribution >= 0.6 is 11.8 Å². The fourth-order valence-electron chi connectivity index (χ4n) is 2.37. The number of nitrogens with zero attached hydrogens (tertiary/aromatic N) is 3. The SMILES string of the molecule is COc1ccc(-c2nc(OC)c(C(F)(F)F)c(Sc3ccc(C)cc3)n2)cn1. The number of halogens is 3. The van der Waals surface area contributed by atoms with Crippen LogP contribution in [0.5, 0.6) is 11.8 Å². The largest absolute Gasteiger partial charge is 0.481 e. The highest BCUT2D eigenvalue weighted by molar-refractivity contribution is 7.99. The summed E-state index contributed by atoms with van der Waals surface area (Å²) >= 11 is 0.900. The molecule has 2 heterocycles. The van der Waals surface area contributed by atoms with Crippen LogP contribution in [0.3, 0.4) is 0 Å². The second kappa shape index (κ2) is 8.05. The molecule has 0 fully saturated rings. The van der Waals surface area contributed by atoms with Crippen molar-refractivity contribution in [1.82, 2.24) is 15.0 Å². The van der Waals surface area contributed by atoms with E-state index in [9.17, 15) is 13.2 Å². The number of methoxy groups -OCH3 is 2. The van der Waals surface area contributed by atoms with Crippen molar-refractivity contribution in [2.45, 2.75) is 23.0 Å². The number of pyridine rings is 1. The summed E-state index contributed by atoms with van der Waals surface area (Å²) in [5.74, 6) is -0.0885. The number of aromatic nitrogens is 3. The van der Waals surface area contributed by atoms with Crippen LogP contribution in [-0.2, 0) is 6.18 Å². The molecule has 3 rings (SSSR count). The quantitative estimate of drug-likeness (QED) is 0.553. The molecule has 0 unspecified atom stereocenters. The molecule has 0 N–H and O–H groups in total. The lowest BCUT2D eigenvalue weighted by atomic mass is 10.2. The lowest BCUT2D eigenvalue weighted by Gasteiger charge is -2.16. The Kier molecular flexibility index (Phi) is 5.73. The van der Waals surface area contributed by atoms with E-state index in [1.54, 1.807) is 24.3 Å². The van der Waals surface area contributed by atoms with Gasteiger partial charge in [-0.25, -0.2) is 9.97 Å². The van der Waals surface area contributed by atoms with Gasteiger partial charge in [0.2, 0.25) is 11.8 Å². The van der Waals surface area contributed by atoms with Gasteiger partial charge in [0.1, 0.15) is 5.03 Å². The number of ether oxygens (including phenoxy) is 2. The molecule has 0 spiro atoms. The highest BCUT2D eigenvalue weighted by atomic mass is 32.2. The molecule has 0 aliphatic carbocycles. The fourth-order valence-corrected chi connectivity index (χ4v) is 3.30. The average Bonchev–Trinajstić information content (AvgIpc) is 2.68. The van der Waals surface area contributed by atoms with E-state index in [0.717, 1.165) is 24.4 Å². The third-order valence-corrected chi connectivity index (χ3v) is 4.76. The Morgan fingerprint density at radius 3 is 2.18 bits per heavy atom. The summed E-state index contributed by atoms with van der Waals surface area (Å²) in [6.07, 6.45) is -3.24. The molecule has 0 saturated carbocycles. The molecule has 3 aromatic rings. The van der Waals surface area contributed by atoms with Crippen molar-refractivity contribution < 1.29 is 22.6 Å². The molecule has 28 heavy (non-hydrogen) atoms. The molecule has 9 heteroatoms.